The van der Waals surface area contributed by atoms with Gasteiger partial charge in [0.25, 0.3) is 0 Å². The van der Waals surface area contributed by atoms with Crippen LogP contribution < -0.4 is 14.8 Å². The van der Waals surface area contributed by atoms with Gasteiger partial charge in [0.15, 0.2) is 11.5 Å². The lowest BCUT2D eigenvalue weighted by Gasteiger charge is -2.21. The Hall–Kier alpha value is -2.70. The fourth-order valence-corrected chi connectivity index (χ4v) is 3.17. The molecule has 3 rings (SSSR count). The van der Waals surface area contributed by atoms with Crippen LogP contribution in [0.15, 0.2) is 42.5 Å². The van der Waals surface area contributed by atoms with Crippen LogP contribution in [0, 0.1) is 0 Å². The summed E-state index contributed by atoms with van der Waals surface area (Å²) in [6, 6.07) is 9.94. The molecule has 1 unspecified atom stereocenters. The maximum atomic E-state index is 13.0. The van der Waals surface area contributed by atoms with Gasteiger partial charge < -0.3 is 14.8 Å². The van der Waals surface area contributed by atoms with Gasteiger partial charge in [0.1, 0.15) is 13.2 Å². The van der Waals surface area contributed by atoms with Crippen LogP contribution in [-0.4, -0.2) is 19.1 Å². The third kappa shape index (κ3) is 4.97. The van der Waals surface area contributed by atoms with Crippen molar-refractivity contribution < 1.29 is 27.4 Å². The molecule has 150 valence electrons. The molecule has 1 N–H and O–H groups in total. The minimum atomic E-state index is -4.41. The van der Waals surface area contributed by atoms with Crippen LogP contribution in [0.25, 0.3) is 0 Å². The molecule has 1 aliphatic rings. The zero-order chi connectivity index (χ0) is 20.1. The second-order valence-electron chi connectivity index (χ2n) is 6.69. The van der Waals surface area contributed by atoms with Crippen molar-refractivity contribution >= 4 is 5.91 Å². The normalized spacial score (nSPS) is 14.4. The monoisotopic (exact) mass is 393 g/mol. The average Bonchev–Trinajstić information content (AvgIpc) is 2.67. The third-order valence-electron chi connectivity index (χ3n) is 4.50. The van der Waals surface area contributed by atoms with Crippen molar-refractivity contribution in [1.29, 1.82) is 0 Å². The topological polar surface area (TPSA) is 47.6 Å². The van der Waals surface area contributed by atoms with E-state index in [4.69, 9.17) is 9.47 Å². The number of ether oxygens (including phenoxy) is 2. The largest absolute Gasteiger partial charge is 0.486 e. The summed E-state index contributed by atoms with van der Waals surface area (Å²) in [6.07, 6.45) is -3.03. The molecule has 0 aromatic heterocycles. The van der Waals surface area contributed by atoms with Crippen LogP contribution in [-0.2, 0) is 17.4 Å². The first kappa shape index (κ1) is 20.0. The minimum absolute atomic E-state index is 0.107. The SMILES string of the molecule is CCCC(NC(=O)Cc1ccc2c(c1)OCCO2)c1cccc(C(F)(F)F)c1. The first-order valence-electron chi connectivity index (χ1n) is 9.22. The van der Waals surface area contributed by atoms with Crippen molar-refractivity contribution in [2.75, 3.05) is 13.2 Å². The van der Waals surface area contributed by atoms with Gasteiger partial charge in [-0.1, -0.05) is 31.5 Å². The Balaban J connectivity index is 1.71. The Bertz CT molecular complexity index is 836. The molecule has 0 aliphatic carbocycles. The highest BCUT2D eigenvalue weighted by Gasteiger charge is 2.31. The van der Waals surface area contributed by atoms with Crippen LogP contribution >= 0.6 is 0 Å². The summed E-state index contributed by atoms with van der Waals surface area (Å²) in [7, 11) is 0. The molecular weight excluding hydrogens is 371 g/mol. The highest BCUT2D eigenvalue weighted by molar-refractivity contribution is 5.79. The predicted molar refractivity (Wildman–Crippen MR) is 98.4 cm³/mol. The van der Waals surface area contributed by atoms with Gasteiger partial charge in [0, 0.05) is 0 Å². The summed E-state index contributed by atoms with van der Waals surface area (Å²) >= 11 is 0. The number of halogens is 3. The van der Waals surface area contributed by atoms with Crippen LogP contribution in [0.2, 0.25) is 0 Å². The molecule has 1 atom stereocenters. The number of carbonyl (C=O) groups is 1. The van der Waals surface area contributed by atoms with Gasteiger partial charge in [-0.05, 0) is 41.8 Å². The van der Waals surface area contributed by atoms with E-state index in [1.54, 1.807) is 24.3 Å². The number of alkyl halides is 3. The molecule has 1 heterocycles. The molecule has 0 saturated heterocycles. The molecule has 4 nitrogen and oxygen atoms in total. The van der Waals surface area contributed by atoms with Gasteiger partial charge in [-0.2, -0.15) is 13.2 Å². The molecule has 0 saturated carbocycles. The molecule has 7 heteroatoms. The minimum Gasteiger partial charge on any atom is -0.486 e. The van der Waals surface area contributed by atoms with Gasteiger partial charge in [-0.25, -0.2) is 0 Å². The highest BCUT2D eigenvalue weighted by Crippen LogP contribution is 2.32. The zero-order valence-electron chi connectivity index (χ0n) is 15.5. The Kier molecular flexibility index (Phi) is 6.11. The molecule has 0 fully saturated rings. The van der Waals surface area contributed by atoms with Crippen molar-refractivity contribution in [3.8, 4) is 11.5 Å². The first-order valence-corrected chi connectivity index (χ1v) is 9.22. The van der Waals surface area contributed by atoms with Crippen molar-refractivity contribution in [1.82, 2.24) is 5.32 Å². The third-order valence-corrected chi connectivity index (χ3v) is 4.50. The molecule has 1 aliphatic heterocycles. The number of rotatable bonds is 6. The summed E-state index contributed by atoms with van der Waals surface area (Å²) in [4.78, 5) is 12.5. The molecule has 0 radical (unpaired) electrons. The van der Waals surface area contributed by atoms with Gasteiger partial charge >= 0.3 is 6.18 Å². The lowest BCUT2D eigenvalue weighted by molar-refractivity contribution is -0.137. The number of nitrogens with one attached hydrogen (secondary N) is 1. The number of hydrogen-bond acceptors (Lipinski definition) is 3. The Morgan fingerprint density at radius 2 is 1.86 bits per heavy atom. The molecule has 0 spiro atoms. The Morgan fingerprint density at radius 3 is 2.57 bits per heavy atom. The standard InChI is InChI=1S/C21H22F3NO3/c1-2-4-17(15-5-3-6-16(13-15)21(22,23)24)25-20(26)12-14-7-8-18-19(11-14)28-10-9-27-18/h3,5-8,11,13,17H,2,4,9-10,12H2,1H3,(H,25,26). The van der Waals surface area contributed by atoms with E-state index in [1.807, 2.05) is 6.92 Å². The van der Waals surface area contributed by atoms with E-state index in [0.717, 1.165) is 24.1 Å². The summed E-state index contributed by atoms with van der Waals surface area (Å²) in [6.45, 7) is 2.87. The number of fused-ring (bicyclic) bond motifs is 1. The second kappa shape index (κ2) is 8.54. The van der Waals surface area contributed by atoms with Crippen LogP contribution in [0.1, 0.15) is 42.5 Å². The van der Waals surface area contributed by atoms with E-state index in [9.17, 15) is 18.0 Å². The molecule has 2 aromatic rings. The molecular formula is C21H22F3NO3. The molecule has 28 heavy (non-hydrogen) atoms. The quantitative estimate of drug-likeness (QED) is 0.776. The van der Waals surface area contributed by atoms with Crippen molar-refractivity contribution in [2.45, 2.75) is 38.4 Å². The number of amides is 1. The zero-order valence-corrected chi connectivity index (χ0v) is 15.5. The van der Waals surface area contributed by atoms with E-state index in [-0.39, 0.29) is 12.3 Å². The highest BCUT2D eigenvalue weighted by atomic mass is 19.4. The van der Waals surface area contributed by atoms with Gasteiger partial charge in [-0.3, -0.25) is 4.79 Å². The maximum absolute atomic E-state index is 13.0. The summed E-state index contributed by atoms with van der Waals surface area (Å²) in [5.41, 5.74) is 0.487. The molecule has 0 bridgehead atoms. The lowest BCUT2D eigenvalue weighted by atomic mass is 9.99. The summed E-state index contributed by atoms with van der Waals surface area (Å²) < 4.78 is 50.0. The van der Waals surface area contributed by atoms with Crippen molar-refractivity contribution in [3.05, 3.63) is 59.2 Å². The summed E-state index contributed by atoms with van der Waals surface area (Å²) in [5.74, 6) is 0.982. The smallest absolute Gasteiger partial charge is 0.416 e. The van der Waals surface area contributed by atoms with Crippen LogP contribution in [0.4, 0.5) is 13.2 Å². The second-order valence-corrected chi connectivity index (χ2v) is 6.69. The Morgan fingerprint density at radius 1 is 1.11 bits per heavy atom. The van der Waals surface area contributed by atoms with Crippen LogP contribution in [0.3, 0.4) is 0 Å². The first-order chi connectivity index (χ1) is 13.4. The Labute approximate surface area is 161 Å². The number of hydrogen-bond donors (Lipinski definition) is 1. The fourth-order valence-electron chi connectivity index (χ4n) is 3.17. The fraction of sp³-hybridized carbons (Fsp3) is 0.381. The number of benzene rings is 2. The van der Waals surface area contributed by atoms with E-state index in [1.165, 1.54) is 6.07 Å². The van der Waals surface area contributed by atoms with Gasteiger partial charge in [0.05, 0.1) is 18.0 Å². The van der Waals surface area contributed by atoms with E-state index in [0.29, 0.717) is 36.7 Å². The van der Waals surface area contributed by atoms with E-state index < -0.39 is 17.8 Å². The summed E-state index contributed by atoms with van der Waals surface area (Å²) in [5, 5.41) is 2.86. The average molecular weight is 393 g/mol. The van der Waals surface area contributed by atoms with E-state index in [2.05, 4.69) is 5.32 Å². The number of carbonyl (C=O) groups excluding carboxylic acids is 1. The van der Waals surface area contributed by atoms with E-state index >= 15 is 0 Å². The van der Waals surface area contributed by atoms with Gasteiger partial charge in [0.2, 0.25) is 5.91 Å². The molecule has 2 aromatic carbocycles. The maximum Gasteiger partial charge on any atom is 0.416 e. The molecule has 1 amide bonds. The van der Waals surface area contributed by atoms with Crippen molar-refractivity contribution in [2.24, 2.45) is 0 Å². The lowest BCUT2D eigenvalue weighted by Crippen LogP contribution is -2.30. The van der Waals surface area contributed by atoms with Gasteiger partial charge in [-0.15, -0.1) is 0 Å². The van der Waals surface area contributed by atoms with Crippen molar-refractivity contribution in [3.63, 3.8) is 0 Å². The van der Waals surface area contributed by atoms with Crippen LogP contribution in [0.5, 0.6) is 11.5 Å². The predicted octanol–water partition coefficient (Wildman–Crippen LogP) is 4.68.